The van der Waals surface area contributed by atoms with Crippen molar-refractivity contribution in [3.63, 3.8) is 0 Å². The van der Waals surface area contributed by atoms with Crippen LogP contribution < -0.4 is 4.90 Å². The molecule has 1 saturated carbocycles. The Hall–Kier alpha value is -2.55. The molecule has 1 atom stereocenters. The molecule has 3 aromatic rings. The molecule has 0 bridgehead atoms. The van der Waals surface area contributed by atoms with Crippen LogP contribution in [-0.4, -0.2) is 51.6 Å². The molecule has 0 N–H and O–H groups in total. The standard InChI is InChI=1S/C25H30FN5OS/c1-19(22-9-5-6-10-23(22)26)30(21-11-12-21)18-31-25(33)29(17-20-7-3-2-4-8-20)24(27-31)28-13-15-32-16-14-28/h2-10,19,21H,11-18H2,1H3. The molecule has 8 heteroatoms. The number of anilines is 1. The van der Waals surface area contributed by atoms with E-state index in [4.69, 9.17) is 22.1 Å². The van der Waals surface area contributed by atoms with Crippen molar-refractivity contribution in [3.05, 3.63) is 76.3 Å². The third-order valence-corrected chi connectivity index (χ3v) is 6.98. The van der Waals surface area contributed by atoms with E-state index >= 15 is 0 Å². The zero-order valence-electron chi connectivity index (χ0n) is 18.9. The molecule has 1 saturated heterocycles. The molecule has 0 amide bonds. The summed E-state index contributed by atoms with van der Waals surface area (Å²) in [7, 11) is 0. The van der Waals surface area contributed by atoms with Crippen molar-refractivity contribution in [2.45, 2.75) is 45.1 Å². The molecular weight excluding hydrogens is 437 g/mol. The number of hydrogen-bond donors (Lipinski definition) is 0. The van der Waals surface area contributed by atoms with Gasteiger partial charge in [0.05, 0.1) is 26.4 Å². The van der Waals surface area contributed by atoms with Crippen molar-refractivity contribution < 1.29 is 9.13 Å². The van der Waals surface area contributed by atoms with Crippen molar-refractivity contribution in [1.82, 2.24) is 19.2 Å². The number of rotatable bonds is 8. The number of nitrogens with zero attached hydrogens (tertiary/aromatic N) is 5. The summed E-state index contributed by atoms with van der Waals surface area (Å²) >= 11 is 5.94. The first-order valence-electron chi connectivity index (χ1n) is 11.7. The fourth-order valence-corrected chi connectivity index (χ4v) is 4.78. The van der Waals surface area contributed by atoms with Crippen LogP contribution in [0.4, 0.5) is 10.3 Å². The lowest BCUT2D eigenvalue weighted by molar-refractivity contribution is 0.121. The Kier molecular flexibility index (Phi) is 6.57. The van der Waals surface area contributed by atoms with Crippen molar-refractivity contribution in [3.8, 4) is 0 Å². The van der Waals surface area contributed by atoms with Gasteiger partial charge in [-0.3, -0.25) is 9.47 Å². The maximum Gasteiger partial charge on any atom is 0.226 e. The van der Waals surface area contributed by atoms with Crippen LogP contribution in [0.25, 0.3) is 0 Å². The summed E-state index contributed by atoms with van der Waals surface area (Å²) < 4.78 is 24.8. The quantitative estimate of drug-likeness (QED) is 0.452. The van der Waals surface area contributed by atoms with Gasteiger partial charge in [-0.15, -0.1) is 5.10 Å². The molecule has 0 radical (unpaired) electrons. The van der Waals surface area contributed by atoms with Crippen LogP contribution in [-0.2, 0) is 18.0 Å². The van der Waals surface area contributed by atoms with E-state index in [0.717, 1.165) is 31.9 Å². The highest BCUT2D eigenvalue weighted by atomic mass is 32.1. The Bertz CT molecular complexity index is 1140. The third-order valence-electron chi connectivity index (χ3n) is 6.55. The van der Waals surface area contributed by atoms with Gasteiger partial charge >= 0.3 is 0 Å². The number of benzene rings is 2. The smallest absolute Gasteiger partial charge is 0.226 e. The second kappa shape index (κ2) is 9.75. The maximum absolute atomic E-state index is 14.6. The number of aromatic nitrogens is 3. The molecule has 6 nitrogen and oxygen atoms in total. The van der Waals surface area contributed by atoms with Crippen molar-refractivity contribution in [1.29, 1.82) is 0 Å². The van der Waals surface area contributed by atoms with E-state index in [0.29, 0.717) is 42.8 Å². The van der Waals surface area contributed by atoms with E-state index in [1.54, 1.807) is 6.07 Å². The second-order valence-electron chi connectivity index (χ2n) is 8.84. The van der Waals surface area contributed by atoms with Gasteiger partial charge < -0.3 is 9.64 Å². The van der Waals surface area contributed by atoms with Gasteiger partial charge in [-0.1, -0.05) is 48.5 Å². The van der Waals surface area contributed by atoms with Crippen LogP contribution in [0.3, 0.4) is 0 Å². The summed E-state index contributed by atoms with van der Waals surface area (Å²) in [6, 6.07) is 17.7. The van der Waals surface area contributed by atoms with E-state index in [2.05, 4.69) is 33.4 Å². The fraction of sp³-hybridized carbons (Fsp3) is 0.440. The lowest BCUT2D eigenvalue weighted by Crippen LogP contribution is -2.38. The van der Waals surface area contributed by atoms with Crippen molar-refractivity contribution >= 4 is 18.2 Å². The number of morpholine rings is 1. The third kappa shape index (κ3) is 4.88. The van der Waals surface area contributed by atoms with Gasteiger partial charge in [-0.2, -0.15) is 0 Å². The average Bonchev–Trinajstić information content (AvgIpc) is 3.65. The molecule has 2 fully saturated rings. The predicted molar refractivity (Wildman–Crippen MR) is 129 cm³/mol. The van der Waals surface area contributed by atoms with E-state index < -0.39 is 0 Å². The second-order valence-corrected chi connectivity index (χ2v) is 9.20. The van der Waals surface area contributed by atoms with Crippen LogP contribution in [0.2, 0.25) is 0 Å². The number of hydrogen-bond acceptors (Lipinski definition) is 5. The maximum atomic E-state index is 14.6. The largest absolute Gasteiger partial charge is 0.378 e. The molecule has 1 aliphatic heterocycles. The Morgan fingerprint density at radius 2 is 1.79 bits per heavy atom. The van der Waals surface area contributed by atoms with Gasteiger partial charge in [-0.05, 0) is 43.6 Å². The van der Waals surface area contributed by atoms with Gasteiger partial charge in [0.15, 0.2) is 0 Å². The van der Waals surface area contributed by atoms with E-state index in [1.165, 1.54) is 11.6 Å². The van der Waals surface area contributed by atoms with E-state index in [-0.39, 0.29) is 11.9 Å². The first-order chi connectivity index (χ1) is 16.1. The molecule has 0 spiro atoms. The zero-order valence-corrected chi connectivity index (χ0v) is 19.8. The highest BCUT2D eigenvalue weighted by molar-refractivity contribution is 7.71. The Balaban J connectivity index is 1.48. The summed E-state index contributed by atoms with van der Waals surface area (Å²) in [6.07, 6.45) is 2.24. The van der Waals surface area contributed by atoms with Crippen molar-refractivity contribution in [2.75, 3.05) is 31.2 Å². The van der Waals surface area contributed by atoms with E-state index in [1.807, 2.05) is 35.0 Å². The highest BCUT2D eigenvalue weighted by Gasteiger charge is 2.34. The predicted octanol–water partition coefficient (Wildman–Crippen LogP) is 4.62. The fourth-order valence-electron chi connectivity index (χ4n) is 4.53. The highest BCUT2D eigenvalue weighted by Crippen LogP contribution is 2.35. The molecule has 5 rings (SSSR count). The van der Waals surface area contributed by atoms with Gasteiger partial charge in [0.25, 0.3) is 0 Å². The van der Waals surface area contributed by atoms with Crippen LogP contribution in [0.1, 0.15) is 36.9 Å². The number of ether oxygens (including phenoxy) is 1. The Morgan fingerprint density at radius 1 is 1.09 bits per heavy atom. The van der Waals surface area contributed by atoms with Crippen molar-refractivity contribution in [2.24, 2.45) is 0 Å². The Labute approximate surface area is 199 Å². The van der Waals surface area contributed by atoms with Gasteiger partial charge in [0.2, 0.25) is 10.7 Å². The van der Waals surface area contributed by atoms with Crippen LogP contribution >= 0.6 is 12.2 Å². The molecule has 33 heavy (non-hydrogen) atoms. The molecule has 174 valence electrons. The Morgan fingerprint density at radius 3 is 2.48 bits per heavy atom. The zero-order chi connectivity index (χ0) is 22.8. The molecule has 1 unspecified atom stereocenters. The summed E-state index contributed by atoms with van der Waals surface area (Å²) in [5.74, 6) is 0.712. The van der Waals surface area contributed by atoms with Gasteiger partial charge in [0.1, 0.15) is 5.82 Å². The minimum Gasteiger partial charge on any atom is -0.378 e. The van der Waals surface area contributed by atoms with Crippen LogP contribution in [0.5, 0.6) is 0 Å². The average molecular weight is 468 g/mol. The summed E-state index contributed by atoms with van der Waals surface area (Å²) in [4.78, 5) is 4.58. The normalized spacial score (nSPS) is 17.5. The summed E-state index contributed by atoms with van der Waals surface area (Å²) in [6.45, 7) is 6.23. The minimum atomic E-state index is -0.164. The van der Waals surface area contributed by atoms with Gasteiger partial charge in [-0.25, -0.2) is 9.07 Å². The van der Waals surface area contributed by atoms with E-state index in [9.17, 15) is 4.39 Å². The molecule has 2 heterocycles. The topological polar surface area (TPSA) is 38.5 Å². The molecular formula is C25H30FN5OS. The molecule has 1 aliphatic carbocycles. The molecule has 1 aromatic heterocycles. The lowest BCUT2D eigenvalue weighted by Gasteiger charge is -2.29. The first-order valence-corrected chi connectivity index (χ1v) is 12.1. The number of halogens is 1. The van der Waals surface area contributed by atoms with Crippen LogP contribution in [0, 0.1) is 10.6 Å². The van der Waals surface area contributed by atoms with Gasteiger partial charge in [0, 0.05) is 30.7 Å². The molecule has 2 aliphatic rings. The summed E-state index contributed by atoms with van der Waals surface area (Å²) in [5, 5.41) is 4.99. The monoisotopic (exact) mass is 467 g/mol. The summed E-state index contributed by atoms with van der Waals surface area (Å²) in [5.41, 5.74) is 1.90. The minimum absolute atomic E-state index is 0.0632. The van der Waals surface area contributed by atoms with Crippen LogP contribution in [0.15, 0.2) is 54.6 Å². The molecule has 2 aromatic carbocycles. The SMILES string of the molecule is CC(c1ccccc1F)N(Cn1nc(N2CCOCC2)n(Cc2ccccc2)c1=S)C1CC1. The first kappa shape index (κ1) is 22.3. The lowest BCUT2D eigenvalue weighted by atomic mass is 10.1.